The number of amides is 1. The molecule has 0 aromatic rings. The molecule has 1 amide bonds. The van der Waals surface area contributed by atoms with Crippen LogP contribution < -0.4 is 5.73 Å². The second-order valence-corrected chi connectivity index (χ2v) is 5.55. The Hall–Kier alpha value is -0.610. The van der Waals surface area contributed by atoms with Crippen molar-refractivity contribution in [3.8, 4) is 0 Å². The zero-order chi connectivity index (χ0) is 12.9. The van der Waals surface area contributed by atoms with Gasteiger partial charge in [-0.3, -0.25) is 4.79 Å². The molecule has 0 spiro atoms. The molecule has 0 saturated carbocycles. The first-order chi connectivity index (χ1) is 7.92. The monoisotopic (exact) mass is 242 g/mol. The van der Waals surface area contributed by atoms with E-state index >= 15 is 0 Å². The molecule has 1 heterocycles. The Morgan fingerprint density at radius 1 is 1.53 bits per heavy atom. The minimum atomic E-state index is -0.259. The predicted octanol–water partition coefficient (Wildman–Crippen LogP) is 1.53. The smallest absolute Gasteiger partial charge is 0.222 e. The fourth-order valence-corrected chi connectivity index (χ4v) is 2.12. The number of hydrogen-bond acceptors (Lipinski definition) is 3. The van der Waals surface area contributed by atoms with Crippen molar-refractivity contribution in [1.29, 1.82) is 0 Å². The lowest BCUT2D eigenvalue weighted by Crippen LogP contribution is -2.44. The maximum absolute atomic E-state index is 12.0. The minimum Gasteiger partial charge on any atom is -0.377 e. The molecule has 0 bridgehead atoms. The van der Waals surface area contributed by atoms with Crippen LogP contribution in [0.15, 0.2) is 0 Å². The van der Waals surface area contributed by atoms with Crippen molar-refractivity contribution >= 4 is 5.91 Å². The highest BCUT2D eigenvalue weighted by atomic mass is 16.5. The van der Waals surface area contributed by atoms with Crippen molar-refractivity contribution in [3.63, 3.8) is 0 Å². The first-order valence-corrected chi connectivity index (χ1v) is 6.60. The number of nitrogens with two attached hydrogens (primary N) is 1. The van der Waals surface area contributed by atoms with E-state index in [0.29, 0.717) is 6.42 Å². The maximum Gasteiger partial charge on any atom is 0.222 e. The number of ether oxygens (including phenoxy) is 1. The lowest BCUT2D eigenvalue weighted by atomic mass is 9.99. The third-order valence-electron chi connectivity index (χ3n) is 3.12. The lowest BCUT2D eigenvalue weighted by molar-refractivity contribution is -0.135. The Morgan fingerprint density at radius 3 is 2.82 bits per heavy atom. The molecule has 0 aromatic carbocycles. The van der Waals surface area contributed by atoms with E-state index < -0.39 is 0 Å². The molecular weight excluding hydrogens is 216 g/mol. The zero-order valence-corrected chi connectivity index (χ0v) is 11.4. The van der Waals surface area contributed by atoms with Gasteiger partial charge in [0.2, 0.25) is 5.91 Å². The van der Waals surface area contributed by atoms with Gasteiger partial charge in [0.1, 0.15) is 0 Å². The molecule has 1 aliphatic rings. The molecule has 1 unspecified atom stereocenters. The van der Waals surface area contributed by atoms with Gasteiger partial charge < -0.3 is 15.4 Å². The Morgan fingerprint density at radius 2 is 2.24 bits per heavy atom. The Balaban J connectivity index is 2.36. The van der Waals surface area contributed by atoms with Crippen LogP contribution in [-0.4, -0.2) is 42.1 Å². The Bertz CT molecular complexity index is 246. The number of likely N-dealkylation sites (tertiary alicyclic amines) is 1. The van der Waals surface area contributed by atoms with Gasteiger partial charge in [-0.15, -0.1) is 0 Å². The average Bonchev–Trinajstić information content (AvgIpc) is 2.26. The molecule has 4 nitrogen and oxygen atoms in total. The van der Waals surface area contributed by atoms with Gasteiger partial charge in [-0.05, 0) is 40.0 Å². The summed E-state index contributed by atoms with van der Waals surface area (Å²) in [7, 11) is 0. The molecule has 100 valence electrons. The molecule has 17 heavy (non-hydrogen) atoms. The molecule has 0 radical (unpaired) electrons. The normalized spacial score (nSPS) is 21.6. The number of carbonyl (C=O) groups is 1. The van der Waals surface area contributed by atoms with Gasteiger partial charge in [0.15, 0.2) is 0 Å². The van der Waals surface area contributed by atoms with Crippen molar-refractivity contribution in [3.05, 3.63) is 0 Å². The van der Waals surface area contributed by atoms with Gasteiger partial charge in [0.05, 0.1) is 6.10 Å². The molecule has 4 heteroatoms. The highest BCUT2D eigenvalue weighted by Gasteiger charge is 2.24. The summed E-state index contributed by atoms with van der Waals surface area (Å²) in [5, 5.41) is 0. The number of nitrogens with zero attached hydrogens (tertiary/aromatic N) is 1. The Kier molecular flexibility index (Phi) is 5.40. The van der Waals surface area contributed by atoms with Crippen LogP contribution in [0.2, 0.25) is 0 Å². The van der Waals surface area contributed by atoms with Crippen molar-refractivity contribution < 1.29 is 9.53 Å². The van der Waals surface area contributed by atoms with Crippen LogP contribution in [0.25, 0.3) is 0 Å². The second-order valence-electron chi connectivity index (χ2n) is 5.55. The summed E-state index contributed by atoms with van der Waals surface area (Å²) < 4.78 is 5.59. The number of hydrogen-bond donors (Lipinski definition) is 1. The quantitative estimate of drug-likeness (QED) is 0.795. The molecular formula is C13H26N2O2. The summed E-state index contributed by atoms with van der Waals surface area (Å²) >= 11 is 0. The first-order valence-electron chi connectivity index (χ1n) is 6.60. The van der Waals surface area contributed by atoms with Crippen molar-refractivity contribution in [2.45, 2.75) is 58.1 Å². The molecule has 2 N–H and O–H groups in total. The average molecular weight is 242 g/mol. The molecule has 1 saturated heterocycles. The molecule has 1 atom stereocenters. The fraction of sp³-hybridized carbons (Fsp3) is 0.923. The van der Waals surface area contributed by atoms with E-state index in [-0.39, 0.29) is 17.6 Å². The van der Waals surface area contributed by atoms with Gasteiger partial charge in [-0.2, -0.15) is 0 Å². The zero-order valence-electron chi connectivity index (χ0n) is 11.4. The molecule has 0 aromatic heterocycles. The van der Waals surface area contributed by atoms with Crippen LogP contribution >= 0.6 is 0 Å². The highest BCUT2D eigenvalue weighted by molar-refractivity contribution is 5.76. The summed E-state index contributed by atoms with van der Waals surface area (Å²) in [4.78, 5) is 13.9. The van der Waals surface area contributed by atoms with Crippen LogP contribution in [-0.2, 0) is 9.53 Å². The van der Waals surface area contributed by atoms with Gasteiger partial charge in [0, 0.05) is 31.7 Å². The van der Waals surface area contributed by atoms with E-state index in [2.05, 4.69) is 0 Å². The molecule has 1 aliphatic heterocycles. The third-order valence-corrected chi connectivity index (χ3v) is 3.12. The van der Waals surface area contributed by atoms with E-state index in [9.17, 15) is 4.79 Å². The van der Waals surface area contributed by atoms with Crippen LogP contribution in [0.1, 0.15) is 46.5 Å². The summed E-state index contributed by atoms with van der Waals surface area (Å²) in [6, 6.07) is 0. The van der Waals surface area contributed by atoms with Crippen molar-refractivity contribution in [1.82, 2.24) is 4.90 Å². The third kappa shape index (κ3) is 5.50. The summed E-state index contributed by atoms with van der Waals surface area (Å²) in [5.74, 6) is 0.216. The second kappa shape index (κ2) is 6.36. The lowest BCUT2D eigenvalue weighted by Gasteiger charge is -2.33. The van der Waals surface area contributed by atoms with E-state index in [1.807, 2.05) is 25.7 Å². The summed E-state index contributed by atoms with van der Waals surface area (Å²) in [5.41, 5.74) is 5.63. The minimum absolute atomic E-state index is 0.216. The highest BCUT2D eigenvalue weighted by Crippen LogP contribution is 2.16. The summed E-state index contributed by atoms with van der Waals surface area (Å²) in [6.45, 7) is 8.25. The van der Waals surface area contributed by atoms with Crippen molar-refractivity contribution in [2.75, 3.05) is 19.7 Å². The first kappa shape index (κ1) is 14.5. The van der Waals surface area contributed by atoms with Gasteiger partial charge >= 0.3 is 0 Å². The van der Waals surface area contributed by atoms with E-state index in [1.54, 1.807) is 0 Å². The fourth-order valence-electron chi connectivity index (χ4n) is 2.12. The Labute approximate surface area is 104 Å². The van der Waals surface area contributed by atoms with E-state index in [0.717, 1.165) is 39.0 Å². The number of rotatable bonds is 5. The topological polar surface area (TPSA) is 55.6 Å². The van der Waals surface area contributed by atoms with Gasteiger partial charge in [-0.1, -0.05) is 0 Å². The van der Waals surface area contributed by atoms with Crippen LogP contribution in [0.5, 0.6) is 0 Å². The van der Waals surface area contributed by atoms with Crippen LogP contribution in [0, 0.1) is 0 Å². The maximum atomic E-state index is 12.0. The van der Waals surface area contributed by atoms with Crippen LogP contribution in [0.4, 0.5) is 0 Å². The molecule has 0 aliphatic carbocycles. The number of piperidine rings is 1. The summed E-state index contributed by atoms with van der Waals surface area (Å²) in [6.07, 6.45) is 3.62. The van der Waals surface area contributed by atoms with Crippen LogP contribution in [0.3, 0.4) is 0 Å². The largest absolute Gasteiger partial charge is 0.377 e. The SMILES string of the molecule is CCOC1CCCN(C(=O)CCC(C)(C)N)C1. The molecule has 1 rings (SSSR count). The van der Waals surface area contributed by atoms with E-state index in [4.69, 9.17) is 10.5 Å². The van der Waals surface area contributed by atoms with Gasteiger partial charge in [-0.25, -0.2) is 0 Å². The van der Waals surface area contributed by atoms with E-state index in [1.165, 1.54) is 0 Å². The number of carbonyl (C=O) groups excluding carboxylic acids is 1. The molecule has 1 fully saturated rings. The van der Waals surface area contributed by atoms with Gasteiger partial charge in [0.25, 0.3) is 0 Å². The predicted molar refractivity (Wildman–Crippen MR) is 68.7 cm³/mol. The standard InChI is InChI=1S/C13H26N2O2/c1-4-17-11-6-5-9-15(10-11)12(16)7-8-13(2,3)14/h11H,4-10,14H2,1-3H3. The van der Waals surface area contributed by atoms with Crippen molar-refractivity contribution in [2.24, 2.45) is 5.73 Å².